The first-order valence-electron chi connectivity index (χ1n) is 16.3. The standard InChI is InChI=1S/C36H32F7N7O3/c1-18-11-26-31(36(41,42)43)48-49(32(26)35(39,40)16-18)17-29(51)45-27(14-20-12-21(37)15-22(38)13-20)30-25(6-5-23(44-30)9-10-34(3,4)53)24-7-8-28-46-47-33(52)50(28)19(24)2/h5-8,12-13,15,18,27,53H,11,14,16-17H2,1-4H3,(H,45,51)(H,47,52). The van der Waals surface area contributed by atoms with Crippen LogP contribution in [-0.4, -0.2) is 46.0 Å². The van der Waals surface area contributed by atoms with Crippen LogP contribution in [-0.2, 0) is 36.3 Å². The number of aromatic amines is 1. The summed E-state index contributed by atoms with van der Waals surface area (Å²) in [5, 5.41) is 22.6. The van der Waals surface area contributed by atoms with E-state index in [0.717, 1.165) is 12.1 Å². The Morgan fingerprint density at radius 3 is 2.45 bits per heavy atom. The Bertz CT molecular complexity index is 2340. The number of nitrogens with zero attached hydrogens (tertiary/aromatic N) is 5. The van der Waals surface area contributed by atoms with E-state index < -0.39 is 82.8 Å². The van der Waals surface area contributed by atoms with E-state index in [1.54, 1.807) is 19.1 Å². The van der Waals surface area contributed by atoms with Crippen molar-refractivity contribution < 1.29 is 40.6 Å². The van der Waals surface area contributed by atoms with E-state index in [-0.39, 0.29) is 35.4 Å². The second kappa shape index (κ2) is 13.5. The van der Waals surface area contributed by atoms with Crippen LogP contribution in [0, 0.1) is 36.3 Å². The second-order valence-electron chi connectivity index (χ2n) is 13.6. The molecule has 0 aliphatic heterocycles. The van der Waals surface area contributed by atoms with Crippen molar-refractivity contribution in [2.24, 2.45) is 5.92 Å². The number of aliphatic hydroxyl groups is 1. The molecule has 2 atom stereocenters. The zero-order valence-corrected chi connectivity index (χ0v) is 28.7. The number of hydrogen-bond acceptors (Lipinski definition) is 6. The van der Waals surface area contributed by atoms with Crippen molar-refractivity contribution in [2.75, 3.05) is 0 Å². The highest BCUT2D eigenvalue weighted by atomic mass is 19.4. The molecule has 1 aliphatic rings. The molecule has 4 aromatic heterocycles. The number of aryl methyl sites for hydroxylation is 1. The lowest BCUT2D eigenvalue weighted by atomic mass is 9.85. The number of benzene rings is 1. The van der Waals surface area contributed by atoms with Gasteiger partial charge < -0.3 is 10.4 Å². The van der Waals surface area contributed by atoms with Crippen molar-refractivity contribution in [2.45, 2.75) is 77.2 Å². The highest BCUT2D eigenvalue weighted by Gasteiger charge is 2.49. The normalized spacial score (nSPS) is 16.2. The summed E-state index contributed by atoms with van der Waals surface area (Å²) in [5.74, 6) is -2.13. The number of amides is 1. The molecule has 10 nitrogen and oxygen atoms in total. The maximum Gasteiger partial charge on any atom is 0.435 e. The van der Waals surface area contributed by atoms with Gasteiger partial charge in [0.25, 0.3) is 5.92 Å². The van der Waals surface area contributed by atoms with Crippen LogP contribution in [0.1, 0.15) is 72.8 Å². The lowest BCUT2D eigenvalue weighted by molar-refractivity contribution is -0.142. The first-order chi connectivity index (χ1) is 24.7. The average molecular weight is 744 g/mol. The molecule has 1 aromatic carbocycles. The maximum atomic E-state index is 15.3. The topological polar surface area (TPSA) is 130 Å². The van der Waals surface area contributed by atoms with Crippen LogP contribution in [0.5, 0.6) is 0 Å². The number of nitrogens with one attached hydrogen (secondary N) is 2. The third-order valence-corrected chi connectivity index (χ3v) is 8.68. The maximum absolute atomic E-state index is 15.3. The molecule has 0 radical (unpaired) electrons. The summed E-state index contributed by atoms with van der Waals surface area (Å²) in [6, 6.07) is 7.52. The molecule has 2 unspecified atom stereocenters. The molecule has 53 heavy (non-hydrogen) atoms. The summed E-state index contributed by atoms with van der Waals surface area (Å²) in [4.78, 5) is 31.0. The Balaban J connectivity index is 1.50. The van der Waals surface area contributed by atoms with Gasteiger partial charge in [-0.1, -0.05) is 12.8 Å². The number of rotatable bonds is 7. The fourth-order valence-electron chi connectivity index (χ4n) is 6.64. The van der Waals surface area contributed by atoms with Gasteiger partial charge in [0, 0.05) is 34.9 Å². The van der Waals surface area contributed by atoms with Crippen LogP contribution in [0.25, 0.3) is 16.8 Å². The van der Waals surface area contributed by atoms with Crippen LogP contribution in [0.15, 0.2) is 47.3 Å². The number of aromatic nitrogens is 6. The summed E-state index contributed by atoms with van der Waals surface area (Å²) < 4.78 is 103. The summed E-state index contributed by atoms with van der Waals surface area (Å²) in [7, 11) is 0. The number of halogens is 7. The van der Waals surface area contributed by atoms with Crippen LogP contribution < -0.4 is 11.0 Å². The first-order valence-corrected chi connectivity index (χ1v) is 16.3. The predicted octanol–water partition coefficient (Wildman–Crippen LogP) is 5.78. The molecule has 0 saturated carbocycles. The van der Waals surface area contributed by atoms with Gasteiger partial charge in [-0.3, -0.25) is 9.48 Å². The molecule has 0 saturated heterocycles. The Morgan fingerprint density at radius 1 is 1.11 bits per heavy atom. The first kappa shape index (κ1) is 37.3. The van der Waals surface area contributed by atoms with E-state index in [1.807, 2.05) is 0 Å². The molecule has 5 aromatic rings. The van der Waals surface area contributed by atoms with Crippen molar-refractivity contribution in [3.8, 4) is 23.0 Å². The van der Waals surface area contributed by atoms with Gasteiger partial charge in [-0.2, -0.15) is 32.1 Å². The number of pyridine rings is 2. The van der Waals surface area contributed by atoms with Crippen molar-refractivity contribution >= 4 is 11.6 Å². The average Bonchev–Trinajstić information content (AvgIpc) is 3.59. The predicted molar refractivity (Wildman–Crippen MR) is 177 cm³/mol. The van der Waals surface area contributed by atoms with Gasteiger partial charge in [-0.05, 0) is 87.4 Å². The minimum atomic E-state index is -5.08. The van der Waals surface area contributed by atoms with Crippen LogP contribution >= 0.6 is 0 Å². The summed E-state index contributed by atoms with van der Waals surface area (Å²) in [6.45, 7) is 4.80. The summed E-state index contributed by atoms with van der Waals surface area (Å²) in [6.07, 6.45) is -6.52. The third-order valence-electron chi connectivity index (χ3n) is 8.68. The molecule has 3 N–H and O–H groups in total. The number of carbonyl (C=O) groups is 1. The zero-order chi connectivity index (χ0) is 38.6. The van der Waals surface area contributed by atoms with E-state index in [2.05, 4.69) is 37.4 Å². The Hall–Kier alpha value is -5.50. The van der Waals surface area contributed by atoms with E-state index in [9.17, 15) is 36.6 Å². The third kappa shape index (κ3) is 7.82. The van der Waals surface area contributed by atoms with Crippen LogP contribution in [0.3, 0.4) is 0 Å². The van der Waals surface area contributed by atoms with Gasteiger partial charge in [0.1, 0.15) is 35.2 Å². The molecular weight excluding hydrogens is 711 g/mol. The van der Waals surface area contributed by atoms with Gasteiger partial charge in [-0.25, -0.2) is 28.1 Å². The van der Waals surface area contributed by atoms with Crippen LogP contribution in [0.4, 0.5) is 30.7 Å². The van der Waals surface area contributed by atoms with Crippen molar-refractivity contribution in [3.05, 3.63) is 104 Å². The molecule has 278 valence electrons. The molecule has 17 heteroatoms. The van der Waals surface area contributed by atoms with Crippen LogP contribution in [0.2, 0.25) is 0 Å². The van der Waals surface area contributed by atoms with Crippen molar-refractivity contribution in [1.29, 1.82) is 0 Å². The molecule has 6 rings (SSSR count). The second-order valence-corrected chi connectivity index (χ2v) is 13.6. The van der Waals surface area contributed by atoms with E-state index in [4.69, 9.17) is 0 Å². The van der Waals surface area contributed by atoms with E-state index in [1.165, 1.54) is 37.3 Å². The lowest BCUT2D eigenvalue weighted by Gasteiger charge is -2.28. The van der Waals surface area contributed by atoms with Crippen molar-refractivity contribution in [1.82, 2.24) is 34.7 Å². The fraction of sp³-hybridized carbons (Fsp3) is 0.361. The summed E-state index contributed by atoms with van der Waals surface area (Å²) in [5.41, 5.74) is -3.73. The Kier molecular flexibility index (Phi) is 9.48. The SMILES string of the molecule is Cc1c(-c2ccc(C#CC(C)(C)O)nc2C(Cc2cc(F)cc(F)c2)NC(=O)Cn2nc(C(F)(F)F)c3c2C(F)(F)CC(C)C3)ccc2n[nH]c(=O)n12. The highest BCUT2D eigenvalue weighted by molar-refractivity contribution is 5.78. The van der Waals surface area contributed by atoms with Gasteiger partial charge in [0.05, 0.1) is 11.7 Å². The largest absolute Gasteiger partial charge is 0.435 e. The Labute approximate surface area is 297 Å². The van der Waals surface area contributed by atoms with E-state index >= 15 is 8.78 Å². The Morgan fingerprint density at radius 2 is 1.79 bits per heavy atom. The van der Waals surface area contributed by atoms with Gasteiger partial charge in [0.15, 0.2) is 11.3 Å². The monoisotopic (exact) mass is 743 g/mol. The number of H-pyrrole nitrogens is 1. The lowest BCUT2D eigenvalue weighted by Crippen LogP contribution is -2.36. The molecule has 4 heterocycles. The molecule has 0 fully saturated rings. The minimum absolute atomic E-state index is 0.0298. The number of hydrogen-bond donors (Lipinski definition) is 3. The number of carbonyl (C=O) groups excluding carboxylic acids is 1. The quantitative estimate of drug-likeness (QED) is 0.143. The van der Waals surface area contributed by atoms with Gasteiger partial charge in [-0.15, -0.1) is 0 Å². The number of alkyl halides is 5. The van der Waals surface area contributed by atoms with Crippen molar-refractivity contribution in [3.63, 3.8) is 0 Å². The molecule has 1 aliphatic carbocycles. The smallest absolute Gasteiger partial charge is 0.378 e. The zero-order valence-electron chi connectivity index (χ0n) is 28.7. The fourth-order valence-corrected chi connectivity index (χ4v) is 6.64. The van der Waals surface area contributed by atoms with Gasteiger partial charge in [0.2, 0.25) is 5.91 Å². The highest BCUT2D eigenvalue weighted by Crippen LogP contribution is 2.46. The van der Waals surface area contributed by atoms with E-state index in [0.29, 0.717) is 27.6 Å². The molecule has 1 amide bonds. The molecule has 0 spiro atoms. The number of fused-ring (bicyclic) bond motifs is 2. The summed E-state index contributed by atoms with van der Waals surface area (Å²) >= 11 is 0. The molecule has 0 bridgehead atoms. The minimum Gasteiger partial charge on any atom is -0.378 e. The van der Waals surface area contributed by atoms with Gasteiger partial charge >= 0.3 is 11.9 Å². The molecular formula is C36H32F7N7O3.